The maximum atomic E-state index is 12.4. The number of rotatable bonds is 8. The van der Waals surface area contributed by atoms with Gasteiger partial charge in [0.15, 0.2) is 17.3 Å². The third-order valence-electron chi connectivity index (χ3n) is 4.48. The van der Waals surface area contributed by atoms with Crippen LogP contribution >= 0.6 is 0 Å². The molecule has 0 aliphatic heterocycles. The number of fused-ring (bicyclic) bond motifs is 1. The molecule has 2 N–H and O–H groups in total. The zero-order chi connectivity index (χ0) is 20.1. The molecule has 0 bridgehead atoms. The molecule has 3 rings (SSSR count). The Morgan fingerprint density at radius 2 is 1.82 bits per heavy atom. The lowest BCUT2D eigenvalue weighted by Gasteiger charge is -2.12. The van der Waals surface area contributed by atoms with Crippen molar-refractivity contribution in [3.63, 3.8) is 0 Å². The summed E-state index contributed by atoms with van der Waals surface area (Å²) >= 11 is 0. The number of Topliss-reactive ketones (excluding diaryl/α,β-unsaturated/α-hetero) is 1. The van der Waals surface area contributed by atoms with E-state index in [-0.39, 0.29) is 30.6 Å². The van der Waals surface area contributed by atoms with E-state index < -0.39 is 0 Å². The fourth-order valence-electron chi connectivity index (χ4n) is 2.94. The molecule has 1 aromatic heterocycles. The first-order chi connectivity index (χ1) is 13.5. The number of aromatic amines is 1. The van der Waals surface area contributed by atoms with Crippen LogP contribution in [0.25, 0.3) is 11.0 Å². The molecule has 28 heavy (non-hydrogen) atoms. The first-order valence-corrected chi connectivity index (χ1v) is 9.01. The number of hydrogen-bond donors (Lipinski definition) is 2. The van der Waals surface area contributed by atoms with Crippen LogP contribution in [-0.2, 0) is 4.79 Å². The van der Waals surface area contributed by atoms with Gasteiger partial charge in [-0.05, 0) is 37.3 Å². The zero-order valence-corrected chi connectivity index (χ0v) is 16.1. The highest BCUT2D eigenvalue weighted by atomic mass is 16.5. The third-order valence-corrected chi connectivity index (χ3v) is 4.48. The fourth-order valence-corrected chi connectivity index (χ4v) is 2.94. The number of methoxy groups -OCH3 is 2. The lowest BCUT2D eigenvalue weighted by atomic mass is 10.1. The third kappa shape index (κ3) is 4.31. The van der Waals surface area contributed by atoms with Crippen molar-refractivity contribution in [2.45, 2.75) is 25.8 Å². The number of carbonyl (C=O) groups is 2. The van der Waals surface area contributed by atoms with Crippen LogP contribution in [0.5, 0.6) is 11.5 Å². The average molecular weight is 381 g/mol. The Balaban J connectivity index is 1.56. The minimum Gasteiger partial charge on any atom is -0.493 e. The Morgan fingerprint density at radius 1 is 1.07 bits per heavy atom. The molecule has 0 fully saturated rings. The summed E-state index contributed by atoms with van der Waals surface area (Å²) < 4.78 is 10.4. The van der Waals surface area contributed by atoms with E-state index in [1.54, 1.807) is 18.2 Å². The van der Waals surface area contributed by atoms with Crippen molar-refractivity contribution in [1.82, 2.24) is 15.3 Å². The molecule has 0 aliphatic carbocycles. The minimum atomic E-state index is -0.281. The van der Waals surface area contributed by atoms with E-state index >= 15 is 0 Å². The van der Waals surface area contributed by atoms with Gasteiger partial charge in [0.05, 0.1) is 31.3 Å². The molecule has 0 saturated heterocycles. The van der Waals surface area contributed by atoms with E-state index in [9.17, 15) is 9.59 Å². The summed E-state index contributed by atoms with van der Waals surface area (Å²) in [6.45, 7) is 1.85. The van der Waals surface area contributed by atoms with E-state index in [1.807, 2.05) is 31.2 Å². The normalized spacial score (nSPS) is 11.8. The number of amides is 1. The van der Waals surface area contributed by atoms with Crippen molar-refractivity contribution >= 4 is 22.7 Å². The largest absolute Gasteiger partial charge is 0.493 e. The van der Waals surface area contributed by atoms with Crippen molar-refractivity contribution < 1.29 is 19.1 Å². The van der Waals surface area contributed by atoms with Crippen LogP contribution in [0.2, 0.25) is 0 Å². The molecule has 1 heterocycles. The topological polar surface area (TPSA) is 93.3 Å². The van der Waals surface area contributed by atoms with Crippen molar-refractivity contribution in [2.24, 2.45) is 0 Å². The van der Waals surface area contributed by atoms with Gasteiger partial charge >= 0.3 is 0 Å². The van der Waals surface area contributed by atoms with Crippen LogP contribution in [-0.4, -0.2) is 35.9 Å². The molecular weight excluding hydrogens is 358 g/mol. The first-order valence-electron chi connectivity index (χ1n) is 9.01. The summed E-state index contributed by atoms with van der Waals surface area (Å²) in [6.07, 6.45) is 0.200. The molecule has 1 atom stereocenters. The highest BCUT2D eigenvalue weighted by molar-refractivity contribution is 5.98. The van der Waals surface area contributed by atoms with E-state index in [1.165, 1.54) is 14.2 Å². The van der Waals surface area contributed by atoms with Crippen LogP contribution in [0.15, 0.2) is 42.5 Å². The summed E-state index contributed by atoms with van der Waals surface area (Å²) in [4.78, 5) is 32.3. The molecule has 0 radical (unpaired) electrons. The smallest absolute Gasteiger partial charge is 0.221 e. The molecule has 3 aromatic rings. The summed E-state index contributed by atoms with van der Waals surface area (Å²) in [5, 5.41) is 2.88. The van der Waals surface area contributed by atoms with Gasteiger partial charge in [0.2, 0.25) is 5.91 Å². The quantitative estimate of drug-likeness (QED) is 0.583. The van der Waals surface area contributed by atoms with Gasteiger partial charge in [0, 0.05) is 18.4 Å². The van der Waals surface area contributed by atoms with Gasteiger partial charge in [0.25, 0.3) is 0 Å². The molecule has 146 valence electrons. The Kier molecular flexibility index (Phi) is 5.93. The molecule has 0 spiro atoms. The van der Waals surface area contributed by atoms with E-state index in [0.717, 1.165) is 11.0 Å². The van der Waals surface area contributed by atoms with Crippen molar-refractivity contribution in [3.8, 4) is 11.5 Å². The van der Waals surface area contributed by atoms with Gasteiger partial charge in [-0.15, -0.1) is 0 Å². The monoisotopic (exact) mass is 381 g/mol. The van der Waals surface area contributed by atoms with Crippen LogP contribution < -0.4 is 14.8 Å². The van der Waals surface area contributed by atoms with Crippen LogP contribution in [0.1, 0.15) is 42.0 Å². The van der Waals surface area contributed by atoms with Gasteiger partial charge in [0.1, 0.15) is 5.82 Å². The second-order valence-electron chi connectivity index (χ2n) is 6.42. The number of ether oxygens (including phenoxy) is 2. The Hall–Kier alpha value is -3.35. The number of benzene rings is 2. The molecular formula is C21H23N3O4. The maximum absolute atomic E-state index is 12.4. The van der Waals surface area contributed by atoms with E-state index in [2.05, 4.69) is 15.3 Å². The number of aromatic nitrogens is 2. The Bertz CT molecular complexity index is 963. The van der Waals surface area contributed by atoms with Gasteiger partial charge < -0.3 is 19.8 Å². The zero-order valence-electron chi connectivity index (χ0n) is 16.1. The molecule has 7 nitrogen and oxygen atoms in total. The number of hydrogen-bond acceptors (Lipinski definition) is 5. The highest BCUT2D eigenvalue weighted by Gasteiger charge is 2.16. The molecule has 1 unspecified atom stereocenters. The van der Waals surface area contributed by atoms with Gasteiger partial charge in [-0.1, -0.05) is 12.1 Å². The van der Waals surface area contributed by atoms with Gasteiger partial charge in [-0.25, -0.2) is 4.98 Å². The number of nitrogens with zero attached hydrogens (tertiary/aromatic N) is 1. The van der Waals surface area contributed by atoms with Gasteiger partial charge in [-0.3, -0.25) is 9.59 Å². The Labute approximate surface area is 163 Å². The predicted molar refractivity (Wildman–Crippen MR) is 106 cm³/mol. The van der Waals surface area contributed by atoms with Crippen molar-refractivity contribution in [1.29, 1.82) is 0 Å². The molecule has 0 aliphatic rings. The minimum absolute atomic E-state index is 0.0950. The molecule has 1 amide bonds. The van der Waals surface area contributed by atoms with Gasteiger partial charge in [-0.2, -0.15) is 0 Å². The number of carbonyl (C=O) groups excluding carboxylic acids is 2. The SMILES string of the molecule is COc1ccc(C(=O)CCC(=O)NC(C)c2nc3ccccc3[nH]2)cc1OC. The second kappa shape index (κ2) is 8.56. The number of ketones is 1. The van der Waals surface area contributed by atoms with E-state index in [4.69, 9.17) is 9.47 Å². The highest BCUT2D eigenvalue weighted by Crippen LogP contribution is 2.28. The lowest BCUT2D eigenvalue weighted by Crippen LogP contribution is -2.27. The Morgan fingerprint density at radius 3 is 2.54 bits per heavy atom. The summed E-state index contributed by atoms with van der Waals surface area (Å²) in [7, 11) is 3.05. The van der Waals surface area contributed by atoms with Crippen LogP contribution in [0.4, 0.5) is 0 Å². The second-order valence-corrected chi connectivity index (χ2v) is 6.42. The fraction of sp³-hybridized carbons (Fsp3) is 0.286. The van der Waals surface area contributed by atoms with Crippen LogP contribution in [0, 0.1) is 0 Å². The number of H-pyrrole nitrogens is 1. The molecule has 2 aromatic carbocycles. The van der Waals surface area contributed by atoms with E-state index in [0.29, 0.717) is 22.9 Å². The van der Waals surface area contributed by atoms with Crippen molar-refractivity contribution in [2.75, 3.05) is 14.2 Å². The summed E-state index contributed by atoms with van der Waals surface area (Å²) in [5.41, 5.74) is 2.25. The molecule has 7 heteroatoms. The number of nitrogens with one attached hydrogen (secondary N) is 2. The first kappa shape index (κ1) is 19.4. The standard InChI is InChI=1S/C21H23N3O4/c1-13(21-23-15-6-4-5-7-16(15)24-21)22-20(26)11-9-17(25)14-8-10-18(27-2)19(12-14)28-3/h4-8,10,12-13H,9,11H2,1-3H3,(H,22,26)(H,23,24). The van der Waals surface area contributed by atoms with Crippen molar-refractivity contribution in [3.05, 3.63) is 53.9 Å². The predicted octanol–water partition coefficient (Wildman–Crippen LogP) is 3.42. The maximum Gasteiger partial charge on any atom is 0.221 e. The summed E-state index contributed by atoms with van der Waals surface area (Å²) in [6, 6.07) is 12.4. The number of para-hydroxylation sites is 2. The van der Waals surface area contributed by atoms with Crippen LogP contribution in [0.3, 0.4) is 0 Å². The number of imidazole rings is 1. The lowest BCUT2D eigenvalue weighted by molar-refractivity contribution is -0.121. The molecule has 0 saturated carbocycles. The average Bonchev–Trinajstić information content (AvgIpc) is 3.16. The summed E-state index contributed by atoms with van der Waals surface area (Å²) in [5.74, 6) is 1.38.